The normalized spacial score (nSPS) is 10.9. The van der Waals surface area contributed by atoms with Gasteiger partial charge in [0.2, 0.25) is 0 Å². The van der Waals surface area contributed by atoms with Crippen molar-refractivity contribution in [3.63, 3.8) is 0 Å². The fraction of sp³-hybridized carbons (Fsp3) is 0.231. The van der Waals surface area contributed by atoms with Crippen molar-refractivity contribution < 1.29 is 4.39 Å². The minimum atomic E-state index is -0.532. The molecule has 1 unspecified atom stereocenters. The van der Waals surface area contributed by atoms with E-state index in [4.69, 9.17) is 11.0 Å². The maximum absolute atomic E-state index is 13.5. The van der Waals surface area contributed by atoms with Gasteiger partial charge in [-0.2, -0.15) is 5.26 Å². The quantitative estimate of drug-likeness (QED) is 0.946. The summed E-state index contributed by atoms with van der Waals surface area (Å²) in [7, 11) is 1.88. The van der Waals surface area contributed by atoms with E-state index >= 15 is 0 Å². The van der Waals surface area contributed by atoms with Crippen LogP contribution in [0.4, 0.5) is 4.39 Å². The molecule has 2 rings (SSSR count). The van der Waals surface area contributed by atoms with Crippen molar-refractivity contribution in [3.05, 3.63) is 53.4 Å². The van der Waals surface area contributed by atoms with Crippen LogP contribution in [0.5, 0.6) is 0 Å². The molecule has 0 fully saturated rings. The Bertz CT molecular complexity index is 607. The van der Waals surface area contributed by atoms with Crippen LogP contribution >= 0.6 is 24.8 Å². The summed E-state index contributed by atoms with van der Waals surface area (Å²) < 4.78 is 15.3. The number of hydrogen-bond acceptors (Lipinski definition) is 3. The topological polar surface area (TPSA) is 67.6 Å². The Morgan fingerprint density at radius 1 is 1.45 bits per heavy atom. The third-order valence-corrected chi connectivity index (χ3v) is 2.89. The van der Waals surface area contributed by atoms with Crippen molar-refractivity contribution in [1.82, 2.24) is 9.55 Å². The lowest BCUT2D eigenvalue weighted by molar-refractivity contribution is 0.612. The van der Waals surface area contributed by atoms with Gasteiger partial charge >= 0.3 is 0 Å². The van der Waals surface area contributed by atoms with Crippen LogP contribution in [0.25, 0.3) is 0 Å². The zero-order chi connectivity index (χ0) is 13.1. The molecule has 0 aliphatic carbocycles. The highest BCUT2D eigenvalue weighted by Crippen LogP contribution is 2.18. The molecule has 2 aromatic rings. The minimum Gasteiger partial charge on any atom is -0.338 e. The van der Waals surface area contributed by atoms with Gasteiger partial charge in [0.25, 0.3) is 0 Å². The molecule has 0 aliphatic heterocycles. The Morgan fingerprint density at radius 3 is 2.65 bits per heavy atom. The zero-order valence-corrected chi connectivity index (χ0v) is 12.4. The van der Waals surface area contributed by atoms with Gasteiger partial charge in [-0.1, -0.05) is 6.07 Å². The number of rotatable bonds is 3. The summed E-state index contributed by atoms with van der Waals surface area (Å²) >= 11 is 0. The number of imidazole rings is 1. The minimum absolute atomic E-state index is 0. The molecule has 0 saturated heterocycles. The van der Waals surface area contributed by atoms with Crippen molar-refractivity contribution in [1.29, 1.82) is 5.26 Å². The van der Waals surface area contributed by atoms with Crippen molar-refractivity contribution >= 4 is 24.8 Å². The summed E-state index contributed by atoms with van der Waals surface area (Å²) in [5.74, 6) is -0.532. The Kier molecular flexibility index (Phi) is 7.22. The Morgan fingerprint density at radius 2 is 2.15 bits per heavy atom. The summed E-state index contributed by atoms with van der Waals surface area (Å²) in [5, 5.41) is 8.66. The van der Waals surface area contributed by atoms with E-state index in [-0.39, 0.29) is 36.4 Å². The first-order chi connectivity index (χ1) is 8.61. The highest BCUT2D eigenvalue weighted by molar-refractivity contribution is 5.85. The molecule has 1 aromatic carbocycles. The van der Waals surface area contributed by atoms with E-state index in [1.165, 1.54) is 12.1 Å². The van der Waals surface area contributed by atoms with Gasteiger partial charge in [0, 0.05) is 31.4 Å². The molecule has 0 spiro atoms. The van der Waals surface area contributed by atoms with E-state index in [9.17, 15) is 4.39 Å². The second-order valence-corrected chi connectivity index (χ2v) is 4.16. The summed E-state index contributed by atoms with van der Waals surface area (Å²) in [4.78, 5) is 4.00. The number of benzene rings is 1. The molecule has 0 aliphatic rings. The second-order valence-electron chi connectivity index (χ2n) is 4.16. The summed E-state index contributed by atoms with van der Waals surface area (Å²) in [6.45, 7) is 0. The molecule has 0 saturated carbocycles. The summed E-state index contributed by atoms with van der Waals surface area (Å²) in [5.41, 5.74) is 7.71. The molecule has 2 N–H and O–H groups in total. The van der Waals surface area contributed by atoms with Crippen LogP contribution in [0.15, 0.2) is 30.7 Å². The average molecular weight is 317 g/mol. The lowest BCUT2D eigenvalue weighted by Gasteiger charge is -2.12. The average Bonchev–Trinajstić information content (AvgIpc) is 2.75. The Labute approximate surface area is 129 Å². The zero-order valence-electron chi connectivity index (χ0n) is 10.8. The number of nitrogens with zero attached hydrogens (tertiary/aromatic N) is 3. The van der Waals surface area contributed by atoms with E-state index in [1.807, 2.05) is 11.6 Å². The number of aromatic nitrogens is 2. The van der Waals surface area contributed by atoms with Crippen LogP contribution in [0.2, 0.25) is 0 Å². The molecule has 0 bridgehead atoms. The first kappa shape index (κ1) is 18.4. The fourth-order valence-corrected chi connectivity index (χ4v) is 1.78. The van der Waals surface area contributed by atoms with E-state index in [0.717, 1.165) is 5.69 Å². The third-order valence-electron chi connectivity index (χ3n) is 2.89. The lowest BCUT2D eigenvalue weighted by atomic mass is 10.0. The first-order valence-electron chi connectivity index (χ1n) is 5.52. The van der Waals surface area contributed by atoms with Gasteiger partial charge in [0.15, 0.2) is 0 Å². The molecule has 0 amide bonds. The van der Waals surface area contributed by atoms with E-state index in [1.54, 1.807) is 24.7 Å². The van der Waals surface area contributed by atoms with Crippen LogP contribution in [0, 0.1) is 17.1 Å². The maximum Gasteiger partial charge on any atom is 0.141 e. The van der Waals surface area contributed by atoms with Gasteiger partial charge < -0.3 is 10.3 Å². The summed E-state index contributed by atoms with van der Waals surface area (Å²) in [6, 6.07) is 5.92. The first-order valence-corrected chi connectivity index (χ1v) is 5.52. The van der Waals surface area contributed by atoms with Gasteiger partial charge in [0.05, 0.1) is 11.9 Å². The Balaban J connectivity index is 0.00000180. The van der Waals surface area contributed by atoms with Crippen LogP contribution in [0.3, 0.4) is 0 Å². The standard InChI is InChI=1S/C13H13FN4.2ClH/c1-18-8-17-7-11(18)5-13(16)9-2-3-10(6-15)12(14)4-9;;/h2-4,7-8,13H,5,16H2,1H3;2*1H. The van der Waals surface area contributed by atoms with E-state index in [0.29, 0.717) is 12.0 Å². The molecule has 4 nitrogen and oxygen atoms in total. The van der Waals surface area contributed by atoms with Crippen molar-refractivity contribution in [3.8, 4) is 6.07 Å². The predicted molar refractivity (Wildman–Crippen MR) is 79.5 cm³/mol. The highest BCUT2D eigenvalue weighted by atomic mass is 35.5. The SMILES string of the molecule is Cl.Cl.Cn1cncc1CC(N)c1ccc(C#N)c(F)c1. The van der Waals surface area contributed by atoms with Gasteiger partial charge in [-0.15, -0.1) is 24.8 Å². The molecule has 7 heteroatoms. The number of nitriles is 1. The lowest BCUT2D eigenvalue weighted by Crippen LogP contribution is -2.15. The number of nitrogens with two attached hydrogens (primary N) is 1. The van der Waals surface area contributed by atoms with Gasteiger partial charge in [-0.05, 0) is 17.7 Å². The molecule has 108 valence electrons. The highest BCUT2D eigenvalue weighted by Gasteiger charge is 2.12. The van der Waals surface area contributed by atoms with Crippen LogP contribution in [-0.2, 0) is 13.5 Å². The molecule has 1 atom stereocenters. The largest absolute Gasteiger partial charge is 0.338 e. The van der Waals surface area contributed by atoms with Crippen molar-refractivity contribution in [2.24, 2.45) is 12.8 Å². The molecular formula is C13H15Cl2FN4. The van der Waals surface area contributed by atoms with Crippen molar-refractivity contribution in [2.45, 2.75) is 12.5 Å². The Hall–Kier alpha value is -1.61. The van der Waals surface area contributed by atoms with Gasteiger partial charge in [-0.3, -0.25) is 0 Å². The van der Waals surface area contributed by atoms with E-state index < -0.39 is 5.82 Å². The van der Waals surface area contributed by atoms with Gasteiger partial charge in [-0.25, -0.2) is 9.37 Å². The smallest absolute Gasteiger partial charge is 0.141 e. The second kappa shape index (κ2) is 7.85. The molecule has 0 radical (unpaired) electrons. The molecule has 1 aromatic heterocycles. The molecule has 1 heterocycles. The number of halogens is 3. The summed E-state index contributed by atoms with van der Waals surface area (Å²) in [6.07, 6.45) is 4.00. The molecule has 20 heavy (non-hydrogen) atoms. The number of aryl methyl sites for hydroxylation is 1. The number of hydrogen-bond donors (Lipinski definition) is 1. The predicted octanol–water partition coefficient (Wildman–Crippen LogP) is 2.52. The monoisotopic (exact) mass is 316 g/mol. The van der Waals surface area contributed by atoms with Crippen LogP contribution < -0.4 is 5.73 Å². The van der Waals surface area contributed by atoms with E-state index in [2.05, 4.69) is 4.98 Å². The van der Waals surface area contributed by atoms with Crippen LogP contribution in [-0.4, -0.2) is 9.55 Å². The van der Waals surface area contributed by atoms with Crippen molar-refractivity contribution in [2.75, 3.05) is 0 Å². The molecular weight excluding hydrogens is 302 g/mol. The van der Waals surface area contributed by atoms with Gasteiger partial charge in [0.1, 0.15) is 11.9 Å². The maximum atomic E-state index is 13.5. The van der Waals surface area contributed by atoms with Crippen LogP contribution in [0.1, 0.15) is 22.9 Å². The third kappa shape index (κ3) is 3.94. The fourth-order valence-electron chi connectivity index (χ4n) is 1.78.